The van der Waals surface area contributed by atoms with Crippen molar-refractivity contribution in [2.45, 2.75) is 25.7 Å². The molecule has 0 spiro atoms. The molecule has 0 aliphatic carbocycles. The average Bonchev–Trinajstić information content (AvgIpc) is 3.76. The molecule has 39 heavy (non-hydrogen) atoms. The lowest BCUT2D eigenvalue weighted by Gasteiger charge is -2.23. The maximum absolute atomic E-state index is 6.65. The fourth-order valence-corrected chi connectivity index (χ4v) is 5.99. The van der Waals surface area contributed by atoms with Crippen LogP contribution in [0.15, 0.2) is 79.1 Å². The van der Waals surface area contributed by atoms with E-state index in [0.717, 1.165) is 67.1 Å². The van der Waals surface area contributed by atoms with Crippen LogP contribution in [0.25, 0.3) is 11.4 Å². The van der Waals surface area contributed by atoms with E-state index in [-0.39, 0.29) is 0 Å². The predicted octanol–water partition coefficient (Wildman–Crippen LogP) is 6.68. The molecule has 7 heteroatoms. The number of anilines is 5. The van der Waals surface area contributed by atoms with E-state index in [0.29, 0.717) is 0 Å². The van der Waals surface area contributed by atoms with Crippen molar-refractivity contribution in [3.8, 4) is 22.9 Å². The van der Waals surface area contributed by atoms with Crippen LogP contribution in [0.5, 0.6) is 11.5 Å². The normalized spacial score (nSPS) is 16.7. The van der Waals surface area contributed by atoms with Crippen molar-refractivity contribution < 1.29 is 4.74 Å². The van der Waals surface area contributed by atoms with Crippen LogP contribution in [0.2, 0.25) is 0 Å². The summed E-state index contributed by atoms with van der Waals surface area (Å²) in [6.45, 7) is 5.08. The minimum absolute atomic E-state index is 0.806. The molecule has 3 aliphatic heterocycles. The van der Waals surface area contributed by atoms with Crippen LogP contribution in [0.3, 0.4) is 0 Å². The van der Waals surface area contributed by atoms with Crippen molar-refractivity contribution in [2.75, 3.05) is 59.5 Å². The topological polar surface area (TPSA) is 48.0 Å². The zero-order chi connectivity index (χ0) is 26.2. The second-order valence-electron chi connectivity index (χ2n) is 10.7. The number of fused-ring (bicyclic) bond motifs is 1. The Morgan fingerprint density at radius 1 is 0.641 bits per heavy atom. The molecule has 0 amide bonds. The molecule has 0 unspecified atom stereocenters. The van der Waals surface area contributed by atoms with Gasteiger partial charge in [-0.25, -0.2) is 0 Å². The van der Waals surface area contributed by atoms with Gasteiger partial charge in [-0.15, -0.1) is 0 Å². The zero-order valence-electron chi connectivity index (χ0n) is 22.5. The molecule has 7 rings (SSSR count). The number of nitrogens with zero attached hydrogens (tertiary/aromatic N) is 6. The molecular formula is C32H34N6O. The minimum atomic E-state index is 0.806. The largest absolute Gasteiger partial charge is 0.455 e. The summed E-state index contributed by atoms with van der Waals surface area (Å²) in [4.78, 5) is 19.0. The van der Waals surface area contributed by atoms with E-state index in [2.05, 4.69) is 87.3 Å². The number of rotatable bonds is 6. The first-order valence-corrected chi connectivity index (χ1v) is 14.0. The van der Waals surface area contributed by atoms with E-state index >= 15 is 0 Å². The van der Waals surface area contributed by atoms with Crippen molar-refractivity contribution in [3.63, 3.8) is 0 Å². The Morgan fingerprint density at radius 2 is 1.38 bits per heavy atom. The summed E-state index contributed by atoms with van der Waals surface area (Å²) in [7, 11) is 2.13. The van der Waals surface area contributed by atoms with Crippen molar-refractivity contribution in [2.24, 2.45) is 0 Å². The van der Waals surface area contributed by atoms with Gasteiger partial charge in [0.05, 0.1) is 53.2 Å². The van der Waals surface area contributed by atoms with Gasteiger partial charge in [0.15, 0.2) is 5.75 Å². The third-order valence-electron chi connectivity index (χ3n) is 8.07. The summed E-state index contributed by atoms with van der Waals surface area (Å²) >= 11 is 0. The van der Waals surface area contributed by atoms with E-state index in [9.17, 15) is 0 Å². The SMILES string of the molecule is CN1CN(c2cccc(Oc3cc(-c4ccc(N5CCCC5)cn4)ncc3N3CCCC3)c2)c2ccccc21. The molecule has 0 saturated carbocycles. The van der Waals surface area contributed by atoms with Gasteiger partial charge in [0.1, 0.15) is 5.75 Å². The number of hydrogen-bond donors (Lipinski definition) is 0. The van der Waals surface area contributed by atoms with Gasteiger partial charge in [-0.2, -0.15) is 0 Å². The van der Waals surface area contributed by atoms with Crippen LogP contribution in [0, 0.1) is 0 Å². The molecule has 2 aromatic carbocycles. The maximum atomic E-state index is 6.65. The standard InChI is InChI=1S/C32H34N6O/c1-35-23-38(30-12-3-2-11-29(30)35)24-9-8-10-26(19-24)39-32-20-28(34-22-31(32)37-17-6-7-18-37)27-14-13-25(21-33-27)36-15-4-5-16-36/h2-3,8-14,19-22H,4-7,15-18,23H2,1H3. The lowest BCUT2D eigenvalue weighted by molar-refractivity contribution is 0.482. The van der Waals surface area contributed by atoms with Gasteiger partial charge in [0.2, 0.25) is 0 Å². The minimum Gasteiger partial charge on any atom is -0.455 e. The lowest BCUT2D eigenvalue weighted by Crippen LogP contribution is -2.23. The Bertz CT molecular complexity index is 1460. The number of aromatic nitrogens is 2. The van der Waals surface area contributed by atoms with E-state index in [1.165, 1.54) is 42.7 Å². The van der Waals surface area contributed by atoms with Crippen molar-refractivity contribution in [3.05, 3.63) is 79.1 Å². The van der Waals surface area contributed by atoms with Crippen molar-refractivity contribution in [1.29, 1.82) is 0 Å². The fraction of sp³-hybridized carbons (Fsp3) is 0.312. The molecule has 0 bridgehead atoms. The van der Waals surface area contributed by atoms with Gasteiger partial charge in [0.25, 0.3) is 0 Å². The molecule has 2 saturated heterocycles. The van der Waals surface area contributed by atoms with Crippen LogP contribution < -0.4 is 24.3 Å². The van der Waals surface area contributed by atoms with E-state index in [4.69, 9.17) is 14.7 Å². The summed E-state index contributed by atoms with van der Waals surface area (Å²) in [6.07, 6.45) is 8.83. The first-order chi connectivity index (χ1) is 19.2. The Morgan fingerprint density at radius 3 is 2.15 bits per heavy atom. The fourth-order valence-electron chi connectivity index (χ4n) is 5.99. The number of benzene rings is 2. The summed E-state index contributed by atoms with van der Waals surface area (Å²) in [5, 5.41) is 0. The second-order valence-corrected chi connectivity index (χ2v) is 10.7. The Hall–Kier alpha value is -4.26. The number of ether oxygens (including phenoxy) is 1. The molecular weight excluding hydrogens is 484 g/mol. The molecule has 3 aliphatic rings. The van der Waals surface area contributed by atoms with E-state index in [1.807, 2.05) is 18.5 Å². The Balaban J connectivity index is 1.20. The maximum Gasteiger partial charge on any atom is 0.154 e. The molecule has 0 N–H and O–H groups in total. The Labute approximate surface area is 230 Å². The molecule has 2 fully saturated rings. The molecule has 0 atom stereocenters. The molecule has 198 valence electrons. The quantitative estimate of drug-likeness (QED) is 0.282. The van der Waals surface area contributed by atoms with Crippen LogP contribution >= 0.6 is 0 Å². The summed E-state index contributed by atoms with van der Waals surface area (Å²) in [6, 6.07) is 23.2. The number of hydrogen-bond acceptors (Lipinski definition) is 7. The highest BCUT2D eigenvalue weighted by Crippen LogP contribution is 2.42. The van der Waals surface area contributed by atoms with E-state index < -0.39 is 0 Å². The van der Waals surface area contributed by atoms with Crippen LogP contribution in [0.1, 0.15) is 25.7 Å². The van der Waals surface area contributed by atoms with Gasteiger partial charge < -0.3 is 24.3 Å². The lowest BCUT2D eigenvalue weighted by atomic mass is 10.2. The summed E-state index contributed by atoms with van der Waals surface area (Å²) in [5.41, 5.74) is 7.48. The molecule has 4 aromatic rings. The highest BCUT2D eigenvalue weighted by molar-refractivity contribution is 5.82. The smallest absolute Gasteiger partial charge is 0.154 e. The average molecular weight is 519 g/mol. The van der Waals surface area contributed by atoms with Gasteiger partial charge in [-0.3, -0.25) is 9.97 Å². The molecule has 7 nitrogen and oxygen atoms in total. The number of para-hydroxylation sites is 2. The number of pyridine rings is 2. The monoisotopic (exact) mass is 518 g/mol. The first kappa shape index (κ1) is 23.8. The van der Waals surface area contributed by atoms with Crippen molar-refractivity contribution >= 4 is 28.4 Å². The van der Waals surface area contributed by atoms with Gasteiger partial charge >= 0.3 is 0 Å². The van der Waals surface area contributed by atoms with Gasteiger partial charge in [-0.1, -0.05) is 18.2 Å². The first-order valence-electron chi connectivity index (χ1n) is 14.0. The summed E-state index contributed by atoms with van der Waals surface area (Å²) in [5.74, 6) is 1.64. The third-order valence-corrected chi connectivity index (χ3v) is 8.07. The van der Waals surface area contributed by atoms with Gasteiger partial charge in [-0.05, 0) is 62.1 Å². The molecule has 5 heterocycles. The van der Waals surface area contributed by atoms with Gasteiger partial charge in [0, 0.05) is 51.0 Å². The third kappa shape index (κ3) is 4.62. The van der Waals surface area contributed by atoms with Crippen LogP contribution in [0.4, 0.5) is 28.4 Å². The predicted molar refractivity (Wildman–Crippen MR) is 159 cm³/mol. The highest BCUT2D eigenvalue weighted by Gasteiger charge is 2.25. The summed E-state index contributed by atoms with van der Waals surface area (Å²) < 4.78 is 6.65. The molecule has 2 aromatic heterocycles. The van der Waals surface area contributed by atoms with Crippen molar-refractivity contribution in [1.82, 2.24) is 9.97 Å². The Kier molecular flexibility index (Phi) is 6.19. The zero-order valence-corrected chi connectivity index (χ0v) is 22.5. The van der Waals surface area contributed by atoms with Crippen LogP contribution in [-0.4, -0.2) is 49.9 Å². The van der Waals surface area contributed by atoms with Crippen LogP contribution in [-0.2, 0) is 0 Å². The van der Waals surface area contributed by atoms with E-state index in [1.54, 1.807) is 0 Å². The second kappa shape index (κ2) is 10.1. The molecule has 0 radical (unpaired) electrons. The highest BCUT2D eigenvalue weighted by atomic mass is 16.5.